The Hall–Kier alpha value is -1.33. The molecule has 0 aliphatic carbocycles. The molecule has 1 N–H and O–H groups in total. The highest BCUT2D eigenvalue weighted by atomic mass is 35.5. The van der Waals surface area contributed by atoms with Crippen LogP contribution in [-0.4, -0.2) is 53.7 Å². The molecule has 98 valence electrons. The predicted molar refractivity (Wildman–Crippen MR) is 70.5 cm³/mol. The summed E-state index contributed by atoms with van der Waals surface area (Å²) in [4.78, 5) is 19.5. The number of aromatic nitrogens is 1. The van der Waals surface area contributed by atoms with Gasteiger partial charge in [0.15, 0.2) is 0 Å². The third-order valence-corrected chi connectivity index (χ3v) is 3.73. The van der Waals surface area contributed by atoms with Crippen LogP contribution < -0.4 is 4.90 Å². The van der Waals surface area contributed by atoms with E-state index in [9.17, 15) is 4.79 Å². The molecule has 1 fully saturated rings. The zero-order valence-electron chi connectivity index (χ0n) is 10.4. The van der Waals surface area contributed by atoms with Crippen molar-refractivity contribution in [1.82, 2.24) is 9.88 Å². The molecule has 6 heteroatoms. The van der Waals surface area contributed by atoms with Crippen LogP contribution in [0.2, 0.25) is 5.02 Å². The number of carboxylic acid groups (broad SMARTS) is 1. The van der Waals surface area contributed by atoms with E-state index in [1.54, 1.807) is 0 Å². The van der Waals surface area contributed by atoms with Gasteiger partial charge in [0, 0.05) is 31.9 Å². The van der Waals surface area contributed by atoms with Gasteiger partial charge >= 0.3 is 5.97 Å². The average Bonchev–Trinajstić information content (AvgIpc) is 2.33. The van der Waals surface area contributed by atoms with Gasteiger partial charge in [-0.3, -0.25) is 0 Å². The van der Waals surface area contributed by atoms with Gasteiger partial charge in [-0.2, -0.15) is 0 Å². The summed E-state index contributed by atoms with van der Waals surface area (Å²) >= 11 is 6.12. The maximum Gasteiger partial charge on any atom is 0.337 e. The average molecular weight is 270 g/mol. The van der Waals surface area contributed by atoms with Crippen LogP contribution in [0.4, 0.5) is 5.82 Å². The first-order valence-corrected chi connectivity index (χ1v) is 6.21. The van der Waals surface area contributed by atoms with E-state index < -0.39 is 5.97 Å². The van der Waals surface area contributed by atoms with Gasteiger partial charge < -0.3 is 14.9 Å². The zero-order chi connectivity index (χ0) is 13.3. The van der Waals surface area contributed by atoms with Crippen LogP contribution in [0.5, 0.6) is 0 Å². The molecular weight excluding hydrogens is 254 g/mol. The lowest BCUT2D eigenvalue weighted by Gasteiger charge is -2.38. The first-order chi connectivity index (χ1) is 8.50. The Morgan fingerprint density at radius 2 is 2.28 bits per heavy atom. The van der Waals surface area contributed by atoms with E-state index >= 15 is 0 Å². The second-order valence-electron chi connectivity index (χ2n) is 4.58. The summed E-state index contributed by atoms with van der Waals surface area (Å²) in [6, 6.07) is 1.82. The number of hydrogen-bond acceptors (Lipinski definition) is 4. The normalized spacial score (nSPS) is 21.1. The number of carboxylic acids is 1. The number of halogens is 1. The maximum atomic E-state index is 11.0. The molecule has 0 aromatic carbocycles. The molecule has 1 aliphatic rings. The monoisotopic (exact) mass is 269 g/mol. The quantitative estimate of drug-likeness (QED) is 0.883. The molecule has 0 amide bonds. The number of rotatable bonds is 2. The number of anilines is 1. The third kappa shape index (κ3) is 2.42. The highest BCUT2D eigenvalue weighted by Gasteiger charge is 2.24. The standard InChI is InChI=1S/C12H16ClN3O2/c1-8-7-16(6-5-15(8)2)11-10(13)9(12(17)18)3-4-14-11/h3-4,8H,5-7H2,1-2H3,(H,17,18). The van der Waals surface area contributed by atoms with E-state index in [-0.39, 0.29) is 10.6 Å². The number of likely N-dealkylation sites (N-methyl/N-ethyl adjacent to an activating group) is 1. The Kier molecular flexibility index (Phi) is 3.73. The summed E-state index contributed by atoms with van der Waals surface area (Å²) in [7, 11) is 2.07. The van der Waals surface area contributed by atoms with Gasteiger partial charge in [-0.15, -0.1) is 0 Å². The van der Waals surface area contributed by atoms with Crippen molar-refractivity contribution < 1.29 is 9.90 Å². The van der Waals surface area contributed by atoms with E-state index in [0.717, 1.165) is 19.6 Å². The summed E-state index contributed by atoms with van der Waals surface area (Å²) in [5.74, 6) is -0.456. The van der Waals surface area contributed by atoms with Gasteiger partial charge in [0.1, 0.15) is 5.82 Å². The molecule has 1 unspecified atom stereocenters. The summed E-state index contributed by atoms with van der Waals surface area (Å²) in [5, 5.41) is 9.27. The van der Waals surface area contributed by atoms with Crippen molar-refractivity contribution in [2.24, 2.45) is 0 Å². The molecule has 0 bridgehead atoms. The Balaban J connectivity index is 2.29. The van der Waals surface area contributed by atoms with Gasteiger partial charge in [-0.25, -0.2) is 9.78 Å². The van der Waals surface area contributed by atoms with Gasteiger partial charge in [-0.05, 0) is 20.0 Å². The van der Waals surface area contributed by atoms with Crippen LogP contribution in [0.25, 0.3) is 0 Å². The molecule has 2 heterocycles. The molecular formula is C12H16ClN3O2. The summed E-state index contributed by atoms with van der Waals surface area (Å²) in [6.07, 6.45) is 1.49. The van der Waals surface area contributed by atoms with Crippen molar-refractivity contribution in [1.29, 1.82) is 0 Å². The second-order valence-corrected chi connectivity index (χ2v) is 4.95. The fraction of sp³-hybridized carbons (Fsp3) is 0.500. The predicted octanol–water partition coefficient (Wildman–Crippen LogP) is 1.57. The third-order valence-electron chi connectivity index (χ3n) is 3.36. The Labute approximate surface area is 111 Å². The molecule has 0 saturated carbocycles. The summed E-state index contributed by atoms with van der Waals surface area (Å²) in [6.45, 7) is 4.64. The van der Waals surface area contributed by atoms with E-state index in [2.05, 4.69) is 23.9 Å². The van der Waals surface area contributed by atoms with Gasteiger partial charge in [0.2, 0.25) is 0 Å². The van der Waals surface area contributed by atoms with Crippen LogP contribution in [0.1, 0.15) is 17.3 Å². The highest BCUT2D eigenvalue weighted by Crippen LogP contribution is 2.28. The smallest absolute Gasteiger partial charge is 0.337 e. The Morgan fingerprint density at radius 3 is 2.89 bits per heavy atom. The van der Waals surface area contributed by atoms with Crippen molar-refractivity contribution in [3.8, 4) is 0 Å². The second kappa shape index (κ2) is 5.12. The molecule has 1 aromatic heterocycles. The van der Waals surface area contributed by atoms with E-state index in [4.69, 9.17) is 16.7 Å². The van der Waals surface area contributed by atoms with Crippen LogP contribution in [0, 0.1) is 0 Å². The minimum atomic E-state index is -1.02. The number of nitrogens with zero attached hydrogens (tertiary/aromatic N) is 3. The molecule has 1 saturated heterocycles. The lowest BCUT2D eigenvalue weighted by Crippen LogP contribution is -2.50. The number of hydrogen-bond donors (Lipinski definition) is 1. The molecule has 5 nitrogen and oxygen atoms in total. The zero-order valence-corrected chi connectivity index (χ0v) is 11.2. The minimum Gasteiger partial charge on any atom is -0.478 e. The lowest BCUT2D eigenvalue weighted by atomic mass is 10.2. The molecule has 1 atom stereocenters. The SMILES string of the molecule is CC1CN(c2nccc(C(=O)O)c2Cl)CCN1C. The number of aromatic carboxylic acids is 1. The number of pyridine rings is 1. The molecule has 1 aromatic rings. The van der Waals surface area contributed by atoms with Crippen molar-refractivity contribution in [3.05, 3.63) is 22.8 Å². The number of carbonyl (C=O) groups is 1. The molecule has 2 rings (SSSR count). The topological polar surface area (TPSA) is 56.7 Å². The largest absolute Gasteiger partial charge is 0.478 e. The Morgan fingerprint density at radius 1 is 1.56 bits per heavy atom. The van der Waals surface area contributed by atoms with E-state index in [0.29, 0.717) is 11.9 Å². The molecule has 0 spiro atoms. The van der Waals surface area contributed by atoms with Crippen molar-refractivity contribution in [2.45, 2.75) is 13.0 Å². The van der Waals surface area contributed by atoms with Crippen molar-refractivity contribution >= 4 is 23.4 Å². The fourth-order valence-corrected chi connectivity index (χ4v) is 2.37. The Bertz CT molecular complexity index is 467. The maximum absolute atomic E-state index is 11.0. The van der Waals surface area contributed by atoms with E-state index in [1.165, 1.54) is 12.3 Å². The highest BCUT2D eigenvalue weighted by molar-refractivity contribution is 6.35. The van der Waals surface area contributed by atoms with Crippen molar-refractivity contribution in [2.75, 3.05) is 31.6 Å². The first-order valence-electron chi connectivity index (χ1n) is 5.83. The first kappa shape index (κ1) is 13.1. The van der Waals surface area contributed by atoms with Gasteiger partial charge in [-0.1, -0.05) is 11.6 Å². The molecule has 0 radical (unpaired) electrons. The minimum absolute atomic E-state index is 0.105. The van der Waals surface area contributed by atoms with E-state index in [1.807, 2.05) is 4.90 Å². The summed E-state index contributed by atoms with van der Waals surface area (Å²) < 4.78 is 0. The molecule has 18 heavy (non-hydrogen) atoms. The number of piperazine rings is 1. The van der Waals surface area contributed by atoms with Gasteiger partial charge in [0.05, 0.1) is 10.6 Å². The van der Waals surface area contributed by atoms with Crippen LogP contribution in [0.15, 0.2) is 12.3 Å². The van der Waals surface area contributed by atoms with Crippen LogP contribution in [0.3, 0.4) is 0 Å². The van der Waals surface area contributed by atoms with Crippen LogP contribution >= 0.6 is 11.6 Å². The fourth-order valence-electron chi connectivity index (χ4n) is 2.06. The lowest BCUT2D eigenvalue weighted by molar-refractivity contribution is 0.0697. The van der Waals surface area contributed by atoms with Crippen LogP contribution in [-0.2, 0) is 0 Å². The summed E-state index contributed by atoms with van der Waals surface area (Å²) in [5.41, 5.74) is 0.105. The van der Waals surface area contributed by atoms with Gasteiger partial charge in [0.25, 0.3) is 0 Å². The van der Waals surface area contributed by atoms with Crippen molar-refractivity contribution in [3.63, 3.8) is 0 Å². The molecule has 1 aliphatic heterocycles.